The number of carboxylic acid groups (broad SMARTS) is 1. The first-order valence-corrected chi connectivity index (χ1v) is 4.83. The van der Waals surface area contributed by atoms with E-state index in [1.807, 2.05) is 0 Å². The van der Waals surface area contributed by atoms with Crippen LogP contribution in [0.3, 0.4) is 0 Å². The average molecular weight is 210 g/mol. The highest BCUT2D eigenvalue weighted by molar-refractivity contribution is 7.19. The Morgan fingerprint density at radius 2 is 2.21 bits per heavy atom. The normalized spacial score (nSPS) is 10.7. The Morgan fingerprint density at radius 3 is 2.86 bits per heavy atom. The molecule has 2 aromatic rings. The maximum atomic E-state index is 13.4. The summed E-state index contributed by atoms with van der Waals surface area (Å²) in [6.45, 7) is 1.68. The van der Waals surface area contributed by atoms with Crippen molar-refractivity contribution < 1.29 is 14.3 Å². The van der Waals surface area contributed by atoms with Gasteiger partial charge in [0.2, 0.25) is 0 Å². The van der Waals surface area contributed by atoms with Crippen LogP contribution in [0.4, 0.5) is 4.39 Å². The molecule has 1 heterocycles. The molecule has 1 aromatic heterocycles. The van der Waals surface area contributed by atoms with Crippen LogP contribution in [-0.2, 0) is 0 Å². The number of rotatable bonds is 1. The van der Waals surface area contributed by atoms with Crippen LogP contribution in [0.25, 0.3) is 10.1 Å². The van der Waals surface area contributed by atoms with Gasteiger partial charge in [0.1, 0.15) is 5.82 Å². The van der Waals surface area contributed by atoms with Crippen molar-refractivity contribution in [2.24, 2.45) is 0 Å². The van der Waals surface area contributed by atoms with Crippen LogP contribution < -0.4 is 0 Å². The van der Waals surface area contributed by atoms with Gasteiger partial charge in [-0.15, -0.1) is 11.3 Å². The first-order valence-electron chi connectivity index (χ1n) is 4.01. The summed E-state index contributed by atoms with van der Waals surface area (Å²) in [6.07, 6.45) is 0. The first kappa shape index (κ1) is 9.15. The number of carboxylic acids is 1. The molecular formula is C10H7FO2S. The SMILES string of the molecule is Cc1sc2cc(C(=O)O)ccc2c1F. The van der Waals surface area contributed by atoms with Gasteiger partial charge in [-0.3, -0.25) is 0 Å². The van der Waals surface area contributed by atoms with Crippen LogP contribution in [0.2, 0.25) is 0 Å². The van der Waals surface area contributed by atoms with Crippen LogP contribution in [-0.4, -0.2) is 11.1 Å². The Bertz CT molecular complexity index is 516. The number of hydrogen-bond acceptors (Lipinski definition) is 2. The maximum Gasteiger partial charge on any atom is 0.335 e. The number of halogens is 1. The molecule has 0 unspecified atom stereocenters. The predicted octanol–water partition coefficient (Wildman–Crippen LogP) is 3.05. The number of aromatic carboxylic acids is 1. The van der Waals surface area contributed by atoms with Gasteiger partial charge in [-0.2, -0.15) is 0 Å². The molecule has 0 aliphatic heterocycles. The first-order chi connectivity index (χ1) is 6.59. The summed E-state index contributed by atoms with van der Waals surface area (Å²) < 4.78 is 14.0. The van der Waals surface area contributed by atoms with E-state index in [-0.39, 0.29) is 11.4 Å². The molecule has 1 N–H and O–H groups in total. The highest BCUT2D eigenvalue weighted by Gasteiger charge is 2.10. The van der Waals surface area contributed by atoms with Gasteiger partial charge in [0.05, 0.1) is 5.56 Å². The lowest BCUT2D eigenvalue weighted by atomic mass is 10.2. The monoisotopic (exact) mass is 210 g/mol. The fourth-order valence-corrected chi connectivity index (χ4v) is 2.30. The third-order valence-corrected chi connectivity index (χ3v) is 3.08. The zero-order valence-corrected chi connectivity index (χ0v) is 8.19. The van der Waals surface area contributed by atoms with Gasteiger partial charge < -0.3 is 5.11 Å². The minimum atomic E-state index is -0.988. The molecule has 0 spiro atoms. The number of thiophene rings is 1. The highest BCUT2D eigenvalue weighted by atomic mass is 32.1. The average Bonchev–Trinajstić information content (AvgIpc) is 2.42. The van der Waals surface area contributed by atoms with Crippen LogP contribution in [0, 0.1) is 12.7 Å². The molecule has 4 heteroatoms. The molecule has 0 aliphatic carbocycles. The summed E-state index contributed by atoms with van der Waals surface area (Å²) in [5, 5.41) is 9.23. The molecule has 1 aromatic carbocycles. The third kappa shape index (κ3) is 1.28. The van der Waals surface area contributed by atoms with Crippen molar-refractivity contribution in [3.63, 3.8) is 0 Å². The van der Waals surface area contributed by atoms with Gasteiger partial charge in [-0.25, -0.2) is 9.18 Å². The molecule has 0 saturated heterocycles. The topological polar surface area (TPSA) is 37.3 Å². The second-order valence-electron chi connectivity index (χ2n) is 2.99. The third-order valence-electron chi connectivity index (χ3n) is 2.04. The molecule has 2 rings (SSSR count). The maximum absolute atomic E-state index is 13.4. The Morgan fingerprint density at radius 1 is 1.50 bits per heavy atom. The van der Waals surface area contributed by atoms with E-state index in [0.29, 0.717) is 15.0 Å². The van der Waals surface area contributed by atoms with Crippen molar-refractivity contribution in [1.29, 1.82) is 0 Å². The van der Waals surface area contributed by atoms with E-state index in [4.69, 9.17) is 5.11 Å². The van der Waals surface area contributed by atoms with Crippen molar-refractivity contribution in [2.45, 2.75) is 6.92 Å². The van der Waals surface area contributed by atoms with Crippen molar-refractivity contribution in [1.82, 2.24) is 0 Å². The fourth-order valence-electron chi connectivity index (χ4n) is 1.32. The predicted molar refractivity (Wildman–Crippen MR) is 53.5 cm³/mol. The minimum Gasteiger partial charge on any atom is -0.478 e. The highest BCUT2D eigenvalue weighted by Crippen LogP contribution is 2.29. The van der Waals surface area contributed by atoms with E-state index in [0.717, 1.165) is 0 Å². The summed E-state index contributed by atoms with van der Waals surface area (Å²) in [4.78, 5) is 11.2. The van der Waals surface area contributed by atoms with Gasteiger partial charge in [-0.1, -0.05) is 0 Å². The molecule has 14 heavy (non-hydrogen) atoms. The van der Waals surface area contributed by atoms with Crippen molar-refractivity contribution in [3.8, 4) is 0 Å². The molecule has 0 fully saturated rings. The molecule has 0 saturated carbocycles. The fraction of sp³-hybridized carbons (Fsp3) is 0.100. The van der Waals surface area contributed by atoms with E-state index in [2.05, 4.69) is 0 Å². The zero-order chi connectivity index (χ0) is 10.3. The minimum absolute atomic E-state index is 0.193. The quantitative estimate of drug-likeness (QED) is 0.785. The van der Waals surface area contributed by atoms with E-state index < -0.39 is 5.97 Å². The zero-order valence-electron chi connectivity index (χ0n) is 7.37. The van der Waals surface area contributed by atoms with E-state index in [1.54, 1.807) is 6.92 Å². The Balaban J connectivity index is 2.73. The summed E-state index contributed by atoms with van der Waals surface area (Å²) in [7, 11) is 0. The molecule has 2 nitrogen and oxygen atoms in total. The molecule has 0 radical (unpaired) electrons. The number of benzene rings is 1. The Labute approximate surface area is 83.6 Å². The van der Waals surface area contributed by atoms with Crippen LogP contribution >= 0.6 is 11.3 Å². The van der Waals surface area contributed by atoms with Gasteiger partial charge in [0, 0.05) is 15.0 Å². The van der Waals surface area contributed by atoms with Crippen molar-refractivity contribution >= 4 is 27.4 Å². The summed E-state index contributed by atoms with van der Waals surface area (Å²) >= 11 is 1.27. The Hall–Kier alpha value is -1.42. The van der Waals surface area contributed by atoms with Gasteiger partial charge in [0.15, 0.2) is 0 Å². The summed E-state index contributed by atoms with van der Waals surface area (Å²) in [6, 6.07) is 4.43. The molecule has 0 amide bonds. The molecular weight excluding hydrogens is 203 g/mol. The van der Waals surface area contributed by atoms with Crippen molar-refractivity contribution in [3.05, 3.63) is 34.5 Å². The molecule has 0 bridgehead atoms. The standard InChI is InChI=1S/C10H7FO2S/c1-5-9(11)7-3-2-6(10(12)13)4-8(7)14-5/h2-4H,1H3,(H,12,13). The van der Waals surface area contributed by atoms with Gasteiger partial charge in [-0.05, 0) is 25.1 Å². The number of carbonyl (C=O) groups is 1. The van der Waals surface area contributed by atoms with Crippen LogP contribution in [0.15, 0.2) is 18.2 Å². The molecule has 0 atom stereocenters. The van der Waals surface area contributed by atoms with Crippen LogP contribution in [0.1, 0.15) is 15.2 Å². The second-order valence-corrected chi connectivity index (χ2v) is 4.24. The lowest BCUT2D eigenvalue weighted by Crippen LogP contribution is -1.94. The summed E-state index contributed by atoms with van der Waals surface area (Å²) in [5.74, 6) is -1.24. The van der Waals surface area contributed by atoms with E-state index >= 15 is 0 Å². The molecule has 0 aliphatic rings. The number of fused-ring (bicyclic) bond motifs is 1. The number of aryl methyl sites for hydroxylation is 1. The second kappa shape index (κ2) is 3.06. The molecule has 72 valence electrons. The number of hydrogen-bond donors (Lipinski definition) is 1. The lowest BCUT2D eigenvalue weighted by Gasteiger charge is -1.93. The summed E-state index contributed by atoms with van der Waals surface area (Å²) in [5.41, 5.74) is 0.193. The largest absolute Gasteiger partial charge is 0.478 e. The smallest absolute Gasteiger partial charge is 0.335 e. The van der Waals surface area contributed by atoms with Gasteiger partial charge in [0.25, 0.3) is 0 Å². The van der Waals surface area contributed by atoms with Crippen LogP contribution in [0.5, 0.6) is 0 Å². The van der Waals surface area contributed by atoms with E-state index in [1.165, 1.54) is 29.5 Å². The van der Waals surface area contributed by atoms with Crippen molar-refractivity contribution in [2.75, 3.05) is 0 Å². The van der Waals surface area contributed by atoms with Gasteiger partial charge >= 0.3 is 5.97 Å². The Kier molecular flexibility index (Phi) is 2.00. The van der Waals surface area contributed by atoms with E-state index in [9.17, 15) is 9.18 Å². The lowest BCUT2D eigenvalue weighted by molar-refractivity contribution is 0.0697.